The predicted octanol–water partition coefficient (Wildman–Crippen LogP) is 2.50. The topological polar surface area (TPSA) is 35.1 Å². The van der Waals surface area contributed by atoms with E-state index in [2.05, 4.69) is 5.32 Å². The lowest BCUT2D eigenvalue weighted by atomic mass is 10.1. The molecular weight excluding hydrogens is 247 g/mol. The summed E-state index contributed by atoms with van der Waals surface area (Å²) in [7, 11) is 0. The molecule has 0 spiro atoms. The van der Waals surface area contributed by atoms with Crippen LogP contribution < -0.4 is 5.32 Å². The molecule has 2 unspecified atom stereocenters. The number of alkyl halides is 1. The summed E-state index contributed by atoms with van der Waals surface area (Å²) in [4.78, 5) is 0. The minimum absolute atomic E-state index is 0.212. The van der Waals surface area contributed by atoms with Crippen molar-refractivity contribution in [1.29, 1.82) is 0 Å². The average Bonchev–Trinajstić information content (AvgIpc) is 2.62. The summed E-state index contributed by atoms with van der Waals surface area (Å²) in [6.07, 6.45) is -0.212. The molecule has 1 saturated heterocycles. The van der Waals surface area contributed by atoms with Crippen LogP contribution in [0, 0.1) is 5.21 Å². The first kappa shape index (κ1) is 12.1. The van der Waals surface area contributed by atoms with Crippen LogP contribution in [0.1, 0.15) is 11.7 Å². The number of rotatable bonds is 3. The van der Waals surface area contributed by atoms with Crippen LogP contribution in [0.3, 0.4) is 0 Å². The zero-order chi connectivity index (χ0) is 11.6. The van der Waals surface area contributed by atoms with Gasteiger partial charge in [-0.1, -0.05) is 23.7 Å². The van der Waals surface area contributed by atoms with E-state index in [0.29, 0.717) is 24.0 Å². The maximum atomic E-state index is 12.5. The van der Waals surface area contributed by atoms with Gasteiger partial charge in [0, 0.05) is 10.6 Å². The molecule has 1 N–H and O–H groups in total. The van der Waals surface area contributed by atoms with Crippen LogP contribution in [-0.4, -0.2) is 30.2 Å². The Labute approximate surface area is 105 Å². The predicted molar refractivity (Wildman–Crippen MR) is 66.3 cm³/mol. The molecule has 88 valence electrons. The standard InChI is InChI=1S/C11H14Cl2N2O/c12-5-7-15(16)8-6-14-11(15)9-1-3-10(13)4-2-9/h1-4,11,14H,5-8H2. The van der Waals surface area contributed by atoms with Crippen LogP contribution in [0.15, 0.2) is 24.3 Å². The van der Waals surface area contributed by atoms with Crippen LogP contribution in [0.5, 0.6) is 0 Å². The monoisotopic (exact) mass is 260 g/mol. The largest absolute Gasteiger partial charge is 0.631 e. The number of hydrogen-bond acceptors (Lipinski definition) is 2. The SMILES string of the molecule is [O-][N+]1(CCCl)CCNC1c1ccc(Cl)cc1. The lowest BCUT2D eigenvalue weighted by molar-refractivity contribution is -0.897. The number of benzene rings is 1. The second-order valence-corrected chi connectivity index (χ2v) is 4.81. The van der Waals surface area contributed by atoms with E-state index in [1.807, 2.05) is 24.3 Å². The average molecular weight is 261 g/mol. The van der Waals surface area contributed by atoms with Crippen molar-refractivity contribution in [3.8, 4) is 0 Å². The van der Waals surface area contributed by atoms with Crippen molar-refractivity contribution >= 4 is 23.2 Å². The summed E-state index contributed by atoms with van der Waals surface area (Å²) in [5.74, 6) is 0.384. The van der Waals surface area contributed by atoms with E-state index in [1.54, 1.807) is 0 Å². The minimum Gasteiger partial charge on any atom is -0.631 e. The van der Waals surface area contributed by atoms with Gasteiger partial charge in [-0.3, -0.25) is 5.32 Å². The van der Waals surface area contributed by atoms with Crippen LogP contribution in [0.4, 0.5) is 0 Å². The van der Waals surface area contributed by atoms with Crippen molar-refractivity contribution in [2.75, 3.05) is 25.5 Å². The van der Waals surface area contributed by atoms with E-state index in [0.717, 1.165) is 12.1 Å². The van der Waals surface area contributed by atoms with Crippen LogP contribution in [0.25, 0.3) is 0 Å². The Hall–Kier alpha value is -0.320. The van der Waals surface area contributed by atoms with Gasteiger partial charge in [-0.2, -0.15) is 0 Å². The number of halogens is 2. The van der Waals surface area contributed by atoms with E-state index < -0.39 is 0 Å². The summed E-state index contributed by atoms with van der Waals surface area (Å²) in [5, 5.41) is 16.4. The Morgan fingerprint density at radius 1 is 1.38 bits per heavy atom. The summed E-state index contributed by atoms with van der Waals surface area (Å²) >= 11 is 11.5. The van der Waals surface area contributed by atoms with Gasteiger partial charge in [0.05, 0.1) is 25.5 Å². The molecule has 0 radical (unpaired) electrons. The van der Waals surface area contributed by atoms with Gasteiger partial charge in [0.1, 0.15) is 0 Å². The highest BCUT2D eigenvalue weighted by Crippen LogP contribution is 2.29. The van der Waals surface area contributed by atoms with Crippen LogP contribution in [0.2, 0.25) is 5.02 Å². The first-order valence-electron chi connectivity index (χ1n) is 5.28. The summed E-state index contributed by atoms with van der Waals surface area (Å²) in [6.45, 7) is 1.73. The van der Waals surface area contributed by atoms with Crippen molar-refractivity contribution in [2.24, 2.45) is 0 Å². The third-order valence-electron chi connectivity index (χ3n) is 2.95. The van der Waals surface area contributed by atoms with Crippen molar-refractivity contribution in [3.63, 3.8) is 0 Å². The van der Waals surface area contributed by atoms with Crippen LogP contribution >= 0.6 is 23.2 Å². The van der Waals surface area contributed by atoms with Gasteiger partial charge in [0.2, 0.25) is 0 Å². The highest BCUT2D eigenvalue weighted by Gasteiger charge is 2.34. The van der Waals surface area contributed by atoms with Crippen molar-refractivity contribution in [3.05, 3.63) is 40.1 Å². The molecule has 0 aliphatic carbocycles. The maximum absolute atomic E-state index is 12.5. The molecule has 1 aliphatic rings. The lowest BCUT2D eigenvalue weighted by Crippen LogP contribution is -2.44. The van der Waals surface area contributed by atoms with Gasteiger partial charge in [0.15, 0.2) is 6.17 Å². The third kappa shape index (κ3) is 2.34. The Morgan fingerprint density at radius 3 is 2.69 bits per heavy atom. The molecule has 2 atom stereocenters. The van der Waals surface area contributed by atoms with E-state index in [4.69, 9.17) is 23.2 Å². The van der Waals surface area contributed by atoms with E-state index >= 15 is 0 Å². The van der Waals surface area contributed by atoms with Gasteiger partial charge >= 0.3 is 0 Å². The quantitative estimate of drug-likeness (QED) is 0.515. The molecule has 1 fully saturated rings. The van der Waals surface area contributed by atoms with Crippen molar-refractivity contribution < 1.29 is 4.65 Å². The Bertz CT molecular complexity index is 358. The molecule has 0 amide bonds. The Kier molecular flexibility index (Phi) is 3.72. The van der Waals surface area contributed by atoms with E-state index in [1.165, 1.54) is 0 Å². The second-order valence-electron chi connectivity index (χ2n) is 4.00. The molecule has 16 heavy (non-hydrogen) atoms. The number of nitrogens with one attached hydrogen (secondary N) is 1. The highest BCUT2D eigenvalue weighted by molar-refractivity contribution is 6.30. The molecule has 1 aromatic carbocycles. The van der Waals surface area contributed by atoms with Crippen LogP contribution in [-0.2, 0) is 0 Å². The Balaban J connectivity index is 2.22. The number of hydroxylamine groups is 3. The zero-order valence-corrected chi connectivity index (χ0v) is 10.3. The molecule has 1 aromatic rings. The van der Waals surface area contributed by atoms with E-state index in [9.17, 15) is 5.21 Å². The lowest BCUT2D eigenvalue weighted by Gasteiger charge is -2.43. The minimum atomic E-state index is -0.287. The third-order valence-corrected chi connectivity index (χ3v) is 3.37. The molecular formula is C11H14Cl2N2O. The summed E-state index contributed by atoms with van der Waals surface area (Å²) in [6, 6.07) is 7.40. The molecule has 5 heteroatoms. The van der Waals surface area contributed by atoms with Gasteiger partial charge in [-0.25, -0.2) is 0 Å². The fourth-order valence-corrected chi connectivity index (χ4v) is 2.52. The highest BCUT2D eigenvalue weighted by atomic mass is 35.5. The zero-order valence-electron chi connectivity index (χ0n) is 8.83. The van der Waals surface area contributed by atoms with Gasteiger partial charge in [-0.05, 0) is 12.1 Å². The van der Waals surface area contributed by atoms with Crippen molar-refractivity contribution in [2.45, 2.75) is 6.17 Å². The molecule has 3 nitrogen and oxygen atoms in total. The van der Waals surface area contributed by atoms with E-state index in [-0.39, 0.29) is 10.8 Å². The summed E-state index contributed by atoms with van der Waals surface area (Å²) in [5.41, 5.74) is 0.974. The van der Waals surface area contributed by atoms with Gasteiger partial charge in [-0.15, -0.1) is 11.6 Å². The number of hydrogen-bond donors (Lipinski definition) is 1. The molecule has 0 bridgehead atoms. The second kappa shape index (κ2) is 4.90. The molecule has 0 aromatic heterocycles. The molecule has 1 heterocycles. The maximum Gasteiger partial charge on any atom is 0.169 e. The molecule has 0 saturated carbocycles. The fraction of sp³-hybridized carbons (Fsp3) is 0.455. The van der Waals surface area contributed by atoms with Gasteiger partial charge in [0.25, 0.3) is 0 Å². The fourth-order valence-electron chi connectivity index (χ4n) is 2.10. The molecule has 2 rings (SSSR count). The van der Waals surface area contributed by atoms with Crippen molar-refractivity contribution in [1.82, 2.24) is 5.32 Å². The normalized spacial score (nSPS) is 29.6. The first-order chi connectivity index (χ1) is 7.65. The smallest absolute Gasteiger partial charge is 0.169 e. The van der Waals surface area contributed by atoms with Gasteiger partial charge < -0.3 is 9.85 Å². The first-order valence-corrected chi connectivity index (χ1v) is 6.19. The Morgan fingerprint density at radius 2 is 2.06 bits per heavy atom. The number of nitrogens with zero attached hydrogens (tertiary/aromatic N) is 1. The number of quaternary nitrogens is 1. The summed E-state index contributed by atoms with van der Waals surface area (Å²) < 4.78 is -0.287. The molecule has 1 aliphatic heterocycles.